The van der Waals surface area contributed by atoms with Gasteiger partial charge in [-0.2, -0.15) is 0 Å². The molecule has 2 fully saturated rings. The molecule has 4 rings (SSSR count). The predicted octanol–water partition coefficient (Wildman–Crippen LogP) is -2.65. The number of hydrogen-bond acceptors (Lipinski definition) is 15. The average molecular weight is 597 g/mol. The zero-order chi connectivity index (χ0) is 30.7. The first-order valence-electron chi connectivity index (χ1n) is 12.8. The topological polar surface area (TPSA) is 256 Å². The van der Waals surface area contributed by atoms with E-state index in [1.54, 1.807) is 0 Å². The SMILES string of the molecule is O=C(C=Cc1ccc(O)c(O[C@@H]2O[C@H](CO)[C@@H](O)[C@H](O)[C@H]2O)c1)c1ccc(O)cc1O[C@@H]1O[C@H](CO)[C@@H](O)[C@H](O)[C@H]1O. The van der Waals surface area contributed by atoms with Gasteiger partial charge in [0.25, 0.3) is 0 Å². The van der Waals surface area contributed by atoms with E-state index in [0.717, 1.165) is 12.1 Å². The zero-order valence-electron chi connectivity index (χ0n) is 21.8. The summed E-state index contributed by atoms with van der Waals surface area (Å²) >= 11 is 0. The number of hydrogen-bond donors (Lipinski definition) is 10. The van der Waals surface area contributed by atoms with E-state index in [1.165, 1.54) is 36.4 Å². The zero-order valence-corrected chi connectivity index (χ0v) is 21.8. The van der Waals surface area contributed by atoms with E-state index in [4.69, 9.17) is 18.9 Å². The third-order valence-corrected chi connectivity index (χ3v) is 6.82. The lowest BCUT2D eigenvalue weighted by Crippen LogP contribution is -2.60. The standard InChI is InChI=1S/C27H32O15/c28-9-18-20(33)22(35)24(37)26(41-18)39-16-8-12(30)3-4-13(16)14(31)5-1-11-2-6-15(32)17(7-11)40-27-25(38)23(36)21(34)19(10-29)42-27/h1-8,18-30,32-38H,9-10H2/t18-,19-,20-,21-,22+,23+,24-,25-,26-,27-/m1/s1. The number of benzene rings is 2. The van der Waals surface area contributed by atoms with Crippen molar-refractivity contribution in [1.29, 1.82) is 0 Å². The molecule has 42 heavy (non-hydrogen) atoms. The van der Waals surface area contributed by atoms with Crippen molar-refractivity contribution >= 4 is 11.9 Å². The van der Waals surface area contributed by atoms with Crippen molar-refractivity contribution in [2.75, 3.05) is 13.2 Å². The van der Waals surface area contributed by atoms with Crippen molar-refractivity contribution in [3.05, 3.63) is 53.6 Å². The minimum atomic E-state index is -1.76. The van der Waals surface area contributed by atoms with Crippen LogP contribution in [-0.2, 0) is 9.47 Å². The molecule has 230 valence electrons. The summed E-state index contributed by atoms with van der Waals surface area (Å²) in [5.41, 5.74) is 0.216. The lowest BCUT2D eigenvalue weighted by Gasteiger charge is -2.39. The highest BCUT2D eigenvalue weighted by Crippen LogP contribution is 2.33. The number of aliphatic hydroxyl groups excluding tert-OH is 8. The second-order valence-corrected chi connectivity index (χ2v) is 9.74. The van der Waals surface area contributed by atoms with Gasteiger partial charge >= 0.3 is 0 Å². The van der Waals surface area contributed by atoms with Crippen LogP contribution in [-0.4, -0.2) is 131 Å². The van der Waals surface area contributed by atoms with Gasteiger partial charge in [0.2, 0.25) is 12.6 Å². The minimum absolute atomic E-state index is 0.0995. The molecule has 0 aliphatic carbocycles. The number of ketones is 1. The van der Waals surface area contributed by atoms with Gasteiger partial charge in [0, 0.05) is 6.07 Å². The third-order valence-electron chi connectivity index (χ3n) is 6.82. The summed E-state index contributed by atoms with van der Waals surface area (Å²) in [5.74, 6) is -1.80. The van der Waals surface area contributed by atoms with E-state index >= 15 is 0 Å². The van der Waals surface area contributed by atoms with E-state index in [9.17, 15) is 55.9 Å². The number of allylic oxidation sites excluding steroid dienone is 1. The van der Waals surface area contributed by atoms with E-state index in [2.05, 4.69) is 0 Å². The van der Waals surface area contributed by atoms with Gasteiger partial charge in [0.1, 0.15) is 60.3 Å². The number of carbonyl (C=O) groups excluding carboxylic acids is 1. The second-order valence-electron chi connectivity index (χ2n) is 9.74. The minimum Gasteiger partial charge on any atom is -0.508 e. The Balaban J connectivity index is 1.51. The normalized spacial score (nSPS) is 33.4. The molecule has 2 aromatic carbocycles. The number of aliphatic hydroxyl groups is 8. The summed E-state index contributed by atoms with van der Waals surface area (Å²) in [4.78, 5) is 13.1. The van der Waals surface area contributed by atoms with Gasteiger partial charge in [-0.15, -0.1) is 0 Å². The lowest BCUT2D eigenvalue weighted by molar-refractivity contribution is -0.277. The van der Waals surface area contributed by atoms with Gasteiger partial charge < -0.3 is 70.0 Å². The van der Waals surface area contributed by atoms with Crippen LogP contribution < -0.4 is 9.47 Å². The predicted molar refractivity (Wildman–Crippen MR) is 138 cm³/mol. The summed E-state index contributed by atoms with van der Waals surface area (Å²) < 4.78 is 21.6. The van der Waals surface area contributed by atoms with E-state index in [-0.39, 0.29) is 28.6 Å². The summed E-state index contributed by atoms with van der Waals surface area (Å²) in [6, 6.07) is 7.41. The third kappa shape index (κ3) is 6.66. The number of phenols is 2. The van der Waals surface area contributed by atoms with Crippen LogP contribution in [0.2, 0.25) is 0 Å². The Kier molecular flexibility index (Phi) is 10.0. The highest BCUT2D eigenvalue weighted by atomic mass is 16.7. The van der Waals surface area contributed by atoms with Crippen LogP contribution in [0.1, 0.15) is 15.9 Å². The molecule has 0 aromatic heterocycles. The van der Waals surface area contributed by atoms with E-state index in [0.29, 0.717) is 5.56 Å². The smallest absolute Gasteiger partial charge is 0.229 e. The monoisotopic (exact) mass is 596 g/mol. The maximum absolute atomic E-state index is 13.1. The number of carbonyl (C=O) groups is 1. The van der Waals surface area contributed by atoms with Gasteiger partial charge in [-0.25, -0.2) is 0 Å². The van der Waals surface area contributed by atoms with Crippen LogP contribution >= 0.6 is 0 Å². The van der Waals surface area contributed by atoms with Crippen molar-refractivity contribution < 1.29 is 74.8 Å². The van der Waals surface area contributed by atoms with Crippen LogP contribution in [0, 0.1) is 0 Å². The Morgan fingerprint density at radius 2 is 1.26 bits per heavy atom. The molecule has 0 radical (unpaired) electrons. The number of phenolic OH excluding ortho intramolecular Hbond substituents is 2. The molecular weight excluding hydrogens is 564 g/mol. The number of rotatable bonds is 9. The van der Waals surface area contributed by atoms with Crippen LogP contribution in [0.25, 0.3) is 6.08 Å². The van der Waals surface area contributed by atoms with Crippen LogP contribution in [0.15, 0.2) is 42.5 Å². The molecular formula is C27H32O15. The Morgan fingerprint density at radius 3 is 1.81 bits per heavy atom. The molecule has 10 N–H and O–H groups in total. The van der Waals surface area contributed by atoms with E-state index < -0.39 is 80.4 Å². The maximum atomic E-state index is 13.1. The molecule has 15 heteroatoms. The molecule has 0 unspecified atom stereocenters. The Morgan fingerprint density at radius 1 is 0.714 bits per heavy atom. The van der Waals surface area contributed by atoms with Gasteiger partial charge in [0.05, 0.1) is 18.8 Å². The molecule has 0 bridgehead atoms. The average Bonchev–Trinajstić information content (AvgIpc) is 2.97. The highest BCUT2D eigenvalue weighted by molar-refractivity contribution is 6.08. The van der Waals surface area contributed by atoms with Crippen molar-refractivity contribution in [2.45, 2.75) is 61.4 Å². The highest BCUT2D eigenvalue weighted by Gasteiger charge is 2.46. The molecule has 10 atom stereocenters. The quantitative estimate of drug-likeness (QED) is 0.105. The first-order valence-corrected chi connectivity index (χ1v) is 12.8. The summed E-state index contributed by atoms with van der Waals surface area (Å²) in [6.07, 6.45) is -13.4. The molecule has 2 saturated heterocycles. The first kappa shape index (κ1) is 31.6. The molecule has 2 aliphatic rings. The fraction of sp³-hybridized carbons (Fsp3) is 0.444. The second kappa shape index (κ2) is 13.3. The Hall–Kier alpha value is -3.35. The molecule has 0 spiro atoms. The summed E-state index contributed by atoms with van der Waals surface area (Å²) in [6.45, 7) is -1.38. The van der Waals surface area contributed by atoms with Crippen molar-refractivity contribution in [2.24, 2.45) is 0 Å². The molecule has 0 saturated carbocycles. The largest absolute Gasteiger partial charge is 0.508 e. The molecule has 0 amide bonds. The van der Waals surface area contributed by atoms with Crippen molar-refractivity contribution in [3.8, 4) is 23.0 Å². The van der Waals surface area contributed by atoms with Gasteiger partial charge in [0.15, 0.2) is 17.3 Å². The van der Waals surface area contributed by atoms with Crippen LogP contribution in [0.5, 0.6) is 23.0 Å². The molecule has 2 aliphatic heterocycles. The Labute approximate surface area is 238 Å². The molecule has 2 heterocycles. The fourth-order valence-electron chi connectivity index (χ4n) is 4.38. The summed E-state index contributed by atoms with van der Waals surface area (Å²) in [7, 11) is 0. The van der Waals surface area contributed by atoms with E-state index in [1.807, 2.05) is 0 Å². The fourth-order valence-corrected chi connectivity index (χ4v) is 4.38. The number of aromatic hydroxyl groups is 2. The summed E-state index contributed by atoms with van der Waals surface area (Å²) in [5, 5.41) is 99.3. The number of ether oxygens (including phenoxy) is 4. The maximum Gasteiger partial charge on any atom is 0.229 e. The van der Waals surface area contributed by atoms with Crippen molar-refractivity contribution in [1.82, 2.24) is 0 Å². The van der Waals surface area contributed by atoms with Gasteiger partial charge in [-0.1, -0.05) is 12.1 Å². The van der Waals surface area contributed by atoms with Crippen LogP contribution in [0.4, 0.5) is 0 Å². The van der Waals surface area contributed by atoms with Crippen molar-refractivity contribution in [3.63, 3.8) is 0 Å². The molecule has 15 nitrogen and oxygen atoms in total. The Bertz CT molecular complexity index is 1260. The van der Waals surface area contributed by atoms with Gasteiger partial charge in [-0.05, 0) is 35.9 Å². The lowest BCUT2D eigenvalue weighted by atomic mass is 9.99. The van der Waals surface area contributed by atoms with Crippen LogP contribution in [0.3, 0.4) is 0 Å². The first-order chi connectivity index (χ1) is 19.9. The molecule has 2 aromatic rings. The van der Waals surface area contributed by atoms with Gasteiger partial charge in [-0.3, -0.25) is 4.79 Å².